The average molecular weight is 322 g/mol. The first-order chi connectivity index (χ1) is 10.5. The highest BCUT2D eigenvalue weighted by molar-refractivity contribution is 6.32. The third-order valence-electron chi connectivity index (χ3n) is 2.92. The second-order valence-electron chi connectivity index (χ2n) is 4.51. The van der Waals surface area contributed by atoms with E-state index in [1.54, 1.807) is 30.3 Å². The quantitative estimate of drug-likeness (QED) is 0.651. The molecule has 0 aromatic heterocycles. The Bertz CT molecular complexity index is 704. The number of aliphatic carboxylic acids is 1. The van der Waals surface area contributed by atoms with Crippen LogP contribution in [-0.4, -0.2) is 22.1 Å². The van der Waals surface area contributed by atoms with Gasteiger partial charge in [-0.3, -0.25) is 10.1 Å². The van der Waals surface area contributed by atoms with Gasteiger partial charge in [0, 0.05) is 18.6 Å². The third-order valence-corrected chi connectivity index (χ3v) is 3.24. The minimum absolute atomic E-state index is 0.0117. The summed E-state index contributed by atoms with van der Waals surface area (Å²) < 4.78 is 5.41. The predicted octanol–water partition coefficient (Wildman–Crippen LogP) is 3.32. The van der Waals surface area contributed by atoms with E-state index in [0.717, 1.165) is 0 Å². The Balaban J connectivity index is 2.19. The molecule has 0 amide bonds. The third kappa shape index (κ3) is 3.95. The lowest BCUT2D eigenvalue weighted by Gasteiger charge is -2.16. The number of hydrogen-bond acceptors (Lipinski definition) is 4. The summed E-state index contributed by atoms with van der Waals surface area (Å²) >= 11 is 5.94. The van der Waals surface area contributed by atoms with Crippen LogP contribution in [0.3, 0.4) is 0 Å². The fourth-order valence-electron chi connectivity index (χ4n) is 1.88. The number of carboxylic acids is 1. The molecule has 0 aliphatic heterocycles. The molecule has 0 radical (unpaired) electrons. The van der Waals surface area contributed by atoms with Crippen LogP contribution in [0.25, 0.3) is 0 Å². The molecule has 7 heteroatoms. The van der Waals surface area contributed by atoms with Crippen LogP contribution < -0.4 is 4.74 Å². The molecule has 114 valence electrons. The lowest BCUT2D eigenvalue weighted by Crippen LogP contribution is -2.29. The molecule has 6 nitrogen and oxygen atoms in total. The molecule has 0 bridgehead atoms. The van der Waals surface area contributed by atoms with Crippen molar-refractivity contribution in [1.29, 1.82) is 0 Å². The summed E-state index contributed by atoms with van der Waals surface area (Å²) in [6.45, 7) is 0. The van der Waals surface area contributed by atoms with Crippen molar-refractivity contribution in [2.75, 3.05) is 0 Å². The number of nitro benzene ring substituents is 1. The Hall–Kier alpha value is -2.60. The number of ether oxygens (including phenoxy) is 1. The summed E-state index contributed by atoms with van der Waals surface area (Å²) in [5, 5.41) is 20.3. The number of carbonyl (C=O) groups is 1. The fraction of sp³-hybridized carbons (Fsp3) is 0.133. The molecule has 0 saturated heterocycles. The normalized spacial score (nSPS) is 11.7. The molecule has 1 unspecified atom stereocenters. The SMILES string of the molecule is O=C(O)C(Cc1cccc([N+](=O)[O-])c1)Oc1ccccc1Cl. The number of nitro groups is 1. The van der Waals surface area contributed by atoms with Gasteiger partial charge in [0.25, 0.3) is 5.69 Å². The van der Waals surface area contributed by atoms with Crippen molar-refractivity contribution in [2.24, 2.45) is 0 Å². The van der Waals surface area contributed by atoms with Crippen LogP contribution in [0.1, 0.15) is 5.56 Å². The number of nitrogens with zero attached hydrogens (tertiary/aromatic N) is 1. The molecule has 0 aliphatic carbocycles. The number of hydrogen-bond donors (Lipinski definition) is 1. The number of para-hydroxylation sites is 1. The summed E-state index contributed by atoms with van der Waals surface area (Å²) in [6.07, 6.45) is -1.20. The first-order valence-electron chi connectivity index (χ1n) is 6.34. The number of benzene rings is 2. The smallest absolute Gasteiger partial charge is 0.345 e. The number of non-ortho nitro benzene ring substituents is 1. The molecular weight excluding hydrogens is 310 g/mol. The molecule has 0 spiro atoms. The van der Waals surface area contributed by atoms with E-state index in [2.05, 4.69) is 0 Å². The van der Waals surface area contributed by atoms with Crippen molar-refractivity contribution < 1.29 is 19.6 Å². The van der Waals surface area contributed by atoms with Gasteiger partial charge in [0.05, 0.1) is 9.95 Å². The van der Waals surface area contributed by atoms with Crippen LogP contribution in [0, 0.1) is 10.1 Å². The average Bonchev–Trinajstić information content (AvgIpc) is 2.49. The van der Waals surface area contributed by atoms with Crippen molar-refractivity contribution in [3.63, 3.8) is 0 Å². The van der Waals surface area contributed by atoms with Gasteiger partial charge >= 0.3 is 5.97 Å². The maximum atomic E-state index is 11.3. The van der Waals surface area contributed by atoms with Crippen molar-refractivity contribution in [1.82, 2.24) is 0 Å². The monoisotopic (exact) mass is 321 g/mol. The maximum absolute atomic E-state index is 11.3. The first-order valence-corrected chi connectivity index (χ1v) is 6.72. The van der Waals surface area contributed by atoms with Gasteiger partial charge < -0.3 is 9.84 Å². The lowest BCUT2D eigenvalue weighted by atomic mass is 10.1. The molecule has 0 heterocycles. The van der Waals surface area contributed by atoms with Crippen LogP contribution >= 0.6 is 11.6 Å². The van der Waals surface area contributed by atoms with Gasteiger partial charge in [-0.1, -0.05) is 35.9 Å². The van der Waals surface area contributed by atoms with Gasteiger partial charge in [0.1, 0.15) is 5.75 Å². The van der Waals surface area contributed by atoms with Crippen molar-refractivity contribution in [3.8, 4) is 5.75 Å². The van der Waals surface area contributed by atoms with Crippen molar-refractivity contribution in [3.05, 3.63) is 69.2 Å². The van der Waals surface area contributed by atoms with Gasteiger partial charge in [-0.05, 0) is 17.7 Å². The predicted molar refractivity (Wildman–Crippen MR) is 80.3 cm³/mol. The largest absolute Gasteiger partial charge is 0.478 e. The van der Waals surface area contributed by atoms with E-state index in [4.69, 9.17) is 16.3 Å². The zero-order valence-corrected chi connectivity index (χ0v) is 12.1. The van der Waals surface area contributed by atoms with Crippen LogP contribution in [0.2, 0.25) is 5.02 Å². The van der Waals surface area contributed by atoms with E-state index in [-0.39, 0.29) is 17.9 Å². The van der Waals surface area contributed by atoms with E-state index in [0.29, 0.717) is 10.6 Å². The van der Waals surface area contributed by atoms with Crippen molar-refractivity contribution >= 4 is 23.3 Å². The molecule has 22 heavy (non-hydrogen) atoms. The van der Waals surface area contributed by atoms with Crippen LogP contribution in [0.5, 0.6) is 5.75 Å². The molecule has 0 fully saturated rings. The minimum Gasteiger partial charge on any atom is -0.478 e. The fourth-order valence-corrected chi connectivity index (χ4v) is 2.06. The van der Waals surface area contributed by atoms with Crippen LogP contribution in [0.4, 0.5) is 5.69 Å². The Morgan fingerprint density at radius 2 is 2.00 bits per heavy atom. The van der Waals surface area contributed by atoms with E-state index in [1.165, 1.54) is 18.2 Å². The van der Waals surface area contributed by atoms with E-state index in [1.807, 2.05) is 0 Å². The van der Waals surface area contributed by atoms with Gasteiger partial charge in [-0.2, -0.15) is 0 Å². The molecule has 2 aromatic rings. The molecule has 1 atom stereocenters. The van der Waals surface area contributed by atoms with Crippen LogP contribution in [0.15, 0.2) is 48.5 Å². The highest BCUT2D eigenvalue weighted by atomic mass is 35.5. The van der Waals surface area contributed by atoms with E-state index < -0.39 is 17.0 Å². The highest BCUT2D eigenvalue weighted by Crippen LogP contribution is 2.25. The molecule has 2 rings (SSSR count). The molecular formula is C15H12ClNO5. The van der Waals surface area contributed by atoms with Crippen LogP contribution in [-0.2, 0) is 11.2 Å². The Kier molecular flexibility index (Phi) is 4.95. The van der Waals surface area contributed by atoms with E-state index >= 15 is 0 Å². The number of halogens is 1. The molecule has 0 saturated carbocycles. The number of carboxylic acid groups (broad SMARTS) is 1. The van der Waals surface area contributed by atoms with Gasteiger partial charge in [0.2, 0.25) is 0 Å². The molecule has 1 N–H and O–H groups in total. The molecule has 2 aromatic carbocycles. The topological polar surface area (TPSA) is 89.7 Å². The Morgan fingerprint density at radius 1 is 1.27 bits per heavy atom. The standard InChI is InChI=1S/C15H12ClNO5/c16-12-6-1-2-7-13(12)22-14(15(18)19)9-10-4-3-5-11(8-10)17(20)21/h1-8,14H,9H2,(H,18,19). The second-order valence-corrected chi connectivity index (χ2v) is 4.91. The zero-order valence-electron chi connectivity index (χ0n) is 11.3. The second kappa shape index (κ2) is 6.91. The van der Waals surface area contributed by atoms with Gasteiger partial charge in [0.15, 0.2) is 6.10 Å². The Labute approximate surface area is 131 Å². The lowest BCUT2D eigenvalue weighted by molar-refractivity contribution is -0.384. The molecule has 0 aliphatic rings. The highest BCUT2D eigenvalue weighted by Gasteiger charge is 2.22. The van der Waals surface area contributed by atoms with Crippen molar-refractivity contribution in [2.45, 2.75) is 12.5 Å². The minimum atomic E-state index is -1.19. The first kappa shape index (κ1) is 15.8. The summed E-state index contributed by atoms with van der Waals surface area (Å²) in [6, 6.07) is 12.3. The van der Waals surface area contributed by atoms with Gasteiger partial charge in [-0.15, -0.1) is 0 Å². The maximum Gasteiger partial charge on any atom is 0.345 e. The summed E-state index contributed by atoms with van der Waals surface area (Å²) in [7, 11) is 0. The summed E-state index contributed by atoms with van der Waals surface area (Å²) in [5.74, 6) is -0.923. The number of rotatable bonds is 6. The zero-order chi connectivity index (χ0) is 16.1. The van der Waals surface area contributed by atoms with Gasteiger partial charge in [-0.25, -0.2) is 4.79 Å². The summed E-state index contributed by atoms with van der Waals surface area (Å²) in [5.41, 5.74) is 0.396. The Morgan fingerprint density at radius 3 is 2.64 bits per heavy atom. The summed E-state index contributed by atoms with van der Waals surface area (Å²) in [4.78, 5) is 21.6. The van der Waals surface area contributed by atoms with E-state index in [9.17, 15) is 20.0 Å².